The number of nitrogen functional groups attached to an aromatic ring is 2. The number of rotatable bonds is 2. The molecule has 7 heteroatoms. The van der Waals surface area contributed by atoms with Gasteiger partial charge >= 0.3 is 0 Å². The Morgan fingerprint density at radius 3 is 2.55 bits per heavy atom. The van der Waals surface area contributed by atoms with Crippen LogP contribution in [0, 0.1) is 5.95 Å². The molecule has 100 valence electrons. The van der Waals surface area contributed by atoms with Crippen LogP contribution < -0.4 is 17.0 Å². The Balaban J connectivity index is 2.19. The summed E-state index contributed by atoms with van der Waals surface area (Å²) in [6.07, 6.45) is 1.46. The van der Waals surface area contributed by atoms with Gasteiger partial charge in [-0.05, 0) is 29.8 Å². The van der Waals surface area contributed by atoms with E-state index < -0.39 is 5.95 Å². The van der Waals surface area contributed by atoms with Gasteiger partial charge in [0.2, 0.25) is 11.9 Å². The number of hydrogen-bond donors (Lipinski definition) is 3. The third-order valence-corrected chi connectivity index (χ3v) is 2.91. The Bertz CT molecular complexity index is 772. The second-order valence-corrected chi connectivity index (χ2v) is 4.18. The average molecular weight is 270 g/mol. The fraction of sp³-hybridized carbons (Fsp3) is 0. The first-order chi connectivity index (χ1) is 9.67. The van der Waals surface area contributed by atoms with Crippen LogP contribution in [0.2, 0.25) is 0 Å². The molecule has 0 unspecified atom stereocenters. The molecule has 0 aliphatic rings. The van der Waals surface area contributed by atoms with E-state index in [1.165, 1.54) is 12.3 Å². The number of aromatic nitrogens is 3. The third kappa shape index (κ3) is 2.10. The second-order valence-electron chi connectivity index (χ2n) is 4.18. The number of hydrogen-bond acceptors (Lipinski definition) is 6. The number of fused-ring (bicyclic) bond motifs is 1. The fourth-order valence-corrected chi connectivity index (χ4v) is 1.98. The first kappa shape index (κ1) is 12.2. The first-order valence-electron chi connectivity index (χ1n) is 5.83. The van der Waals surface area contributed by atoms with Gasteiger partial charge in [-0.15, -0.1) is 0 Å². The maximum Gasteiger partial charge on any atom is 0.222 e. The predicted molar refractivity (Wildman–Crippen MR) is 74.9 cm³/mol. The summed E-state index contributed by atoms with van der Waals surface area (Å²) in [5, 5.41) is 0.725. The molecule has 0 amide bonds. The van der Waals surface area contributed by atoms with Crippen molar-refractivity contribution in [3.63, 3.8) is 0 Å². The van der Waals surface area contributed by atoms with Crippen LogP contribution in [0.5, 0.6) is 0 Å². The number of hydrazine groups is 1. The zero-order valence-electron chi connectivity index (χ0n) is 10.3. The van der Waals surface area contributed by atoms with E-state index in [4.69, 9.17) is 11.6 Å². The van der Waals surface area contributed by atoms with Gasteiger partial charge < -0.3 is 11.2 Å². The monoisotopic (exact) mass is 270 g/mol. The van der Waals surface area contributed by atoms with Crippen molar-refractivity contribution in [3.05, 3.63) is 42.5 Å². The normalized spacial score (nSPS) is 10.7. The Hall–Kier alpha value is -2.80. The van der Waals surface area contributed by atoms with Gasteiger partial charge in [-0.3, -0.25) is 0 Å². The Labute approximate surface area is 113 Å². The maximum absolute atomic E-state index is 12.8. The summed E-state index contributed by atoms with van der Waals surface area (Å²) >= 11 is 0. The summed E-state index contributed by atoms with van der Waals surface area (Å²) in [6, 6.07) is 8.45. The summed E-state index contributed by atoms with van der Waals surface area (Å²) in [5.74, 6) is 5.49. The molecule has 6 nitrogen and oxygen atoms in total. The number of halogens is 1. The van der Waals surface area contributed by atoms with Crippen LogP contribution in [0.1, 0.15) is 0 Å². The average Bonchev–Trinajstić information content (AvgIpc) is 2.46. The van der Waals surface area contributed by atoms with Gasteiger partial charge in [-0.2, -0.15) is 9.37 Å². The van der Waals surface area contributed by atoms with Gasteiger partial charge in [0, 0.05) is 17.1 Å². The van der Waals surface area contributed by atoms with E-state index in [2.05, 4.69) is 20.4 Å². The Morgan fingerprint density at radius 2 is 1.85 bits per heavy atom. The van der Waals surface area contributed by atoms with Gasteiger partial charge in [-0.25, -0.2) is 15.8 Å². The lowest BCUT2D eigenvalue weighted by atomic mass is 10.1. The molecular weight excluding hydrogens is 259 g/mol. The van der Waals surface area contributed by atoms with Crippen LogP contribution in [0.25, 0.3) is 22.0 Å². The summed E-state index contributed by atoms with van der Waals surface area (Å²) in [5.41, 5.74) is 10.4. The predicted octanol–water partition coefficient (Wildman–Crippen LogP) is 1.70. The molecule has 0 radical (unpaired) electrons. The molecule has 3 aromatic rings. The smallest absolute Gasteiger partial charge is 0.222 e. The van der Waals surface area contributed by atoms with Crippen molar-refractivity contribution in [1.29, 1.82) is 0 Å². The molecular formula is C13H11FN6. The molecule has 5 N–H and O–H groups in total. The van der Waals surface area contributed by atoms with Crippen molar-refractivity contribution < 1.29 is 4.39 Å². The molecule has 0 bridgehead atoms. The van der Waals surface area contributed by atoms with Crippen molar-refractivity contribution in [2.75, 3.05) is 11.2 Å². The van der Waals surface area contributed by atoms with Crippen LogP contribution in [0.4, 0.5) is 16.2 Å². The van der Waals surface area contributed by atoms with Crippen molar-refractivity contribution >= 4 is 22.7 Å². The zero-order valence-corrected chi connectivity index (χ0v) is 10.3. The van der Waals surface area contributed by atoms with Crippen molar-refractivity contribution in [3.8, 4) is 11.1 Å². The third-order valence-electron chi connectivity index (χ3n) is 2.91. The number of nitrogens with one attached hydrogen (secondary N) is 1. The highest BCUT2D eigenvalue weighted by Crippen LogP contribution is 2.27. The minimum absolute atomic E-state index is 0.140. The van der Waals surface area contributed by atoms with E-state index in [0.717, 1.165) is 16.5 Å². The highest BCUT2D eigenvalue weighted by Gasteiger charge is 2.07. The highest BCUT2D eigenvalue weighted by molar-refractivity contribution is 5.93. The Morgan fingerprint density at radius 1 is 1.05 bits per heavy atom. The molecule has 1 aromatic carbocycles. The molecule has 0 saturated heterocycles. The van der Waals surface area contributed by atoms with Gasteiger partial charge in [0.25, 0.3) is 0 Å². The molecule has 3 rings (SSSR count). The molecule has 0 fully saturated rings. The van der Waals surface area contributed by atoms with Crippen LogP contribution in [-0.4, -0.2) is 15.0 Å². The summed E-state index contributed by atoms with van der Waals surface area (Å²) in [4.78, 5) is 11.8. The lowest BCUT2D eigenvalue weighted by Gasteiger charge is -2.08. The van der Waals surface area contributed by atoms with Crippen LogP contribution in [-0.2, 0) is 0 Å². The van der Waals surface area contributed by atoms with Crippen molar-refractivity contribution in [2.24, 2.45) is 5.84 Å². The lowest BCUT2D eigenvalue weighted by Crippen LogP contribution is -2.11. The molecule has 0 aliphatic carbocycles. The number of nitrogens with two attached hydrogens (primary N) is 2. The Kier molecular flexibility index (Phi) is 2.88. The van der Waals surface area contributed by atoms with Crippen molar-refractivity contribution in [1.82, 2.24) is 15.0 Å². The van der Waals surface area contributed by atoms with Crippen LogP contribution >= 0.6 is 0 Å². The quantitative estimate of drug-likeness (QED) is 0.372. The first-order valence-corrected chi connectivity index (χ1v) is 5.83. The number of benzene rings is 1. The van der Waals surface area contributed by atoms with Gasteiger partial charge in [0.05, 0.1) is 5.52 Å². The SMILES string of the molecule is NNc1nc(N)nc2ccc(-c3ccc(F)nc3)cc12. The highest BCUT2D eigenvalue weighted by atomic mass is 19.1. The number of nitrogens with zero attached hydrogens (tertiary/aromatic N) is 3. The molecule has 20 heavy (non-hydrogen) atoms. The molecule has 2 heterocycles. The van der Waals surface area contributed by atoms with Gasteiger partial charge in [0.1, 0.15) is 0 Å². The van der Waals surface area contributed by atoms with E-state index in [1.807, 2.05) is 12.1 Å². The van der Waals surface area contributed by atoms with Crippen molar-refractivity contribution in [2.45, 2.75) is 0 Å². The topological polar surface area (TPSA) is 103 Å². The maximum atomic E-state index is 12.8. The summed E-state index contributed by atoms with van der Waals surface area (Å²) in [6.45, 7) is 0. The van der Waals surface area contributed by atoms with E-state index in [-0.39, 0.29) is 5.95 Å². The lowest BCUT2D eigenvalue weighted by molar-refractivity contribution is 0.584. The molecule has 0 saturated carbocycles. The fourth-order valence-electron chi connectivity index (χ4n) is 1.98. The van der Waals surface area contributed by atoms with Gasteiger partial charge in [0.15, 0.2) is 5.82 Å². The molecule has 0 atom stereocenters. The minimum Gasteiger partial charge on any atom is -0.368 e. The van der Waals surface area contributed by atoms with Crippen LogP contribution in [0.15, 0.2) is 36.5 Å². The standard InChI is InChI=1S/C13H11FN6/c14-11-4-2-8(6-17-11)7-1-3-10-9(5-7)12(20-16)19-13(15)18-10/h1-6H,16H2,(H3,15,18,19,20). The molecule has 0 aliphatic heterocycles. The van der Waals surface area contributed by atoms with E-state index in [1.54, 1.807) is 12.1 Å². The second kappa shape index (κ2) is 4.71. The van der Waals surface area contributed by atoms with E-state index >= 15 is 0 Å². The van der Waals surface area contributed by atoms with E-state index in [0.29, 0.717) is 11.3 Å². The largest absolute Gasteiger partial charge is 0.368 e. The molecule has 2 aromatic heterocycles. The van der Waals surface area contributed by atoms with Crippen LogP contribution in [0.3, 0.4) is 0 Å². The summed E-state index contributed by atoms with van der Waals surface area (Å²) < 4.78 is 12.8. The molecule has 0 spiro atoms. The van der Waals surface area contributed by atoms with Gasteiger partial charge in [-0.1, -0.05) is 6.07 Å². The zero-order chi connectivity index (χ0) is 14.1. The number of pyridine rings is 1. The minimum atomic E-state index is -0.519. The van der Waals surface area contributed by atoms with E-state index in [9.17, 15) is 4.39 Å². The summed E-state index contributed by atoms with van der Waals surface area (Å²) in [7, 11) is 0. The number of anilines is 2.